The fraction of sp³-hybridized carbons (Fsp3) is 0.500. The van der Waals surface area contributed by atoms with Crippen LogP contribution in [0.25, 0.3) is 0 Å². The van der Waals surface area contributed by atoms with Gasteiger partial charge in [0.25, 0.3) is 0 Å². The first kappa shape index (κ1) is 16.1. The van der Waals surface area contributed by atoms with Gasteiger partial charge in [0.05, 0.1) is 13.7 Å². The molecule has 1 aliphatic carbocycles. The Labute approximate surface area is 130 Å². The number of rotatable bonds is 7. The molecule has 1 fully saturated rings. The molecule has 1 aliphatic rings. The molecule has 0 aliphatic heterocycles. The zero-order valence-electron chi connectivity index (χ0n) is 12.9. The van der Waals surface area contributed by atoms with Gasteiger partial charge in [-0.3, -0.25) is 4.79 Å². The van der Waals surface area contributed by atoms with Crippen molar-refractivity contribution in [2.45, 2.75) is 25.8 Å². The number of hydrogen-bond acceptors (Lipinski definition) is 4. The number of amides is 2. The highest BCUT2D eigenvalue weighted by Crippen LogP contribution is 2.45. The molecule has 2 N–H and O–H groups in total. The monoisotopic (exact) mass is 306 g/mol. The molecule has 6 heteroatoms. The minimum atomic E-state index is -0.627. The smallest absolute Gasteiger partial charge is 0.407 e. The standard InChI is InChI=1S/C16H22N2O4/c1-12(18-15(20)21-2)14(19)17-10-16(8-9-16)11-22-13-6-4-3-5-7-13/h3-7,12H,8-11H2,1-2H3,(H,17,19)(H,18,20)/t12-/m1/s1. The molecule has 2 rings (SSSR count). The molecule has 0 bridgehead atoms. The largest absolute Gasteiger partial charge is 0.493 e. The molecule has 0 heterocycles. The molecule has 0 radical (unpaired) electrons. The van der Waals surface area contributed by atoms with Gasteiger partial charge in [0.2, 0.25) is 5.91 Å². The summed E-state index contributed by atoms with van der Waals surface area (Å²) in [7, 11) is 1.26. The first-order valence-corrected chi connectivity index (χ1v) is 7.35. The number of ether oxygens (including phenoxy) is 2. The predicted molar refractivity (Wildman–Crippen MR) is 81.6 cm³/mol. The van der Waals surface area contributed by atoms with Gasteiger partial charge in [0.1, 0.15) is 11.8 Å². The highest BCUT2D eigenvalue weighted by atomic mass is 16.5. The van der Waals surface area contributed by atoms with Crippen molar-refractivity contribution in [3.63, 3.8) is 0 Å². The first-order valence-electron chi connectivity index (χ1n) is 7.35. The lowest BCUT2D eigenvalue weighted by molar-refractivity contribution is -0.122. The van der Waals surface area contributed by atoms with Gasteiger partial charge in [-0.05, 0) is 31.9 Å². The third-order valence-electron chi connectivity index (χ3n) is 3.80. The maximum atomic E-state index is 11.9. The van der Waals surface area contributed by atoms with E-state index in [9.17, 15) is 9.59 Å². The van der Waals surface area contributed by atoms with Gasteiger partial charge in [-0.25, -0.2) is 4.79 Å². The Kier molecular flexibility index (Phi) is 5.25. The quantitative estimate of drug-likeness (QED) is 0.804. The van der Waals surface area contributed by atoms with E-state index in [1.807, 2.05) is 30.3 Å². The van der Waals surface area contributed by atoms with Gasteiger partial charge < -0.3 is 20.1 Å². The van der Waals surface area contributed by atoms with Crippen LogP contribution in [0.2, 0.25) is 0 Å². The van der Waals surface area contributed by atoms with Gasteiger partial charge >= 0.3 is 6.09 Å². The molecule has 22 heavy (non-hydrogen) atoms. The molecule has 0 aromatic heterocycles. The second-order valence-electron chi connectivity index (χ2n) is 5.68. The van der Waals surface area contributed by atoms with E-state index in [0.29, 0.717) is 13.2 Å². The van der Waals surface area contributed by atoms with Crippen LogP contribution >= 0.6 is 0 Å². The van der Waals surface area contributed by atoms with Crippen molar-refractivity contribution in [3.8, 4) is 5.75 Å². The van der Waals surface area contributed by atoms with E-state index < -0.39 is 12.1 Å². The molecule has 120 valence electrons. The minimum absolute atomic E-state index is 0.0104. The lowest BCUT2D eigenvalue weighted by atomic mass is 10.1. The lowest BCUT2D eigenvalue weighted by Gasteiger charge is -2.19. The van der Waals surface area contributed by atoms with Crippen LogP contribution in [-0.2, 0) is 9.53 Å². The number of carbonyl (C=O) groups is 2. The number of benzene rings is 1. The molecule has 0 spiro atoms. The number of para-hydroxylation sites is 1. The molecule has 1 atom stereocenters. The maximum Gasteiger partial charge on any atom is 0.407 e. The van der Waals surface area contributed by atoms with E-state index >= 15 is 0 Å². The van der Waals surface area contributed by atoms with E-state index in [-0.39, 0.29) is 11.3 Å². The highest BCUT2D eigenvalue weighted by Gasteiger charge is 2.44. The first-order chi connectivity index (χ1) is 10.5. The Morgan fingerprint density at radius 1 is 1.27 bits per heavy atom. The molecule has 0 saturated heterocycles. The zero-order chi connectivity index (χ0) is 16.0. The summed E-state index contributed by atoms with van der Waals surface area (Å²) in [5.41, 5.74) is 0.0104. The van der Waals surface area contributed by atoms with E-state index in [1.54, 1.807) is 6.92 Å². The molecule has 2 amide bonds. The normalized spacial score (nSPS) is 16.3. The summed E-state index contributed by atoms with van der Waals surface area (Å²) in [6, 6.07) is 9.00. The number of nitrogens with one attached hydrogen (secondary N) is 2. The minimum Gasteiger partial charge on any atom is -0.493 e. The van der Waals surface area contributed by atoms with Crippen LogP contribution in [0, 0.1) is 5.41 Å². The van der Waals surface area contributed by atoms with Gasteiger partial charge in [-0.15, -0.1) is 0 Å². The van der Waals surface area contributed by atoms with E-state index in [2.05, 4.69) is 15.4 Å². The Balaban J connectivity index is 1.73. The van der Waals surface area contributed by atoms with Crippen LogP contribution < -0.4 is 15.4 Å². The van der Waals surface area contributed by atoms with Crippen molar-refractivity contribution < 1.29 is 19.1 Å². The summed E-state index contributed by atoms with van der Waals surface area (Å²) in [6.45, 7) is 2.74. The Morgan fingerprint density at radius 3 is 2.55 bits per heavy atom. The summed E-state index contributed by atoms with van der Waals surface area (Å²) in [5.74, 6) is 0.609. The summed E-state index contributed by atoms with van der Waals surface area (Å²) < 4.78 is 10.2. The summed E-state index contributed by atoms with van der Waals surface area (Å²) in [4.78, 5) is 23.0. The van der Waals surface area contributed by atoms with E-state index in [4.69, 9.17) is 4.74 Å². The third-order valence-corrected chi connectivity index (χ3v) is 3.80. The van der Waals surface area contributed by atoms with Crippen molar-refractivity contribution in [1.82, 2.24) is 10.6 Å². The van der Waals surface area contributed by atoms with Crippen molar-refractivity contribution >= 4 is 12.0 Å². The molecular weight excluding hydrogens is 284 g/mol. The zero-order valence-corrected chi connectivity index (χ0v) is 12.9. The molecular formula is C16H22N2O4. The summed E-state index contributed by atoms with van der Waals surface area (Å²) in [5, 5.41) is 5.30. The average molecular weight is 306 g/mol. The van der Waals surface area contributed by atoms with Crippen molar-refractivity contribution in [3.05, 3.63) is 30.3 Å². The average Bonchev–Trinajstić information content (AvgIpc) is 3.32. The van der Waals surface area contributed by atoms with Crippen LogP contribution in [0.5, 0.6) is 5.75 Å². The number of carbonyl (C=O) groups excluding carboxylic acids is 2. The molecule has 1 saturated carbocycles. The van der Waals surface area contributed by atoms with Crippen LogP contribution in [0.3, 0.4) is 0 Å². The van der Waals surface area contributed by atoms with Crippen LogP contribution in [0.4, 0.5) is 4.79 Å². The number of hydrogen-bond donors (Lipinski definition) is 2. The number of alkyl carbamates (subject to hydrolysis) is 1. The molecule has 6 nitrogen and oxygen atoms in total. The van der Waals surface area contributed by atoms with E-state index in [1.165, 1.54) is 7.11 Å². The van der Waals surface area contributed by atoms with Crippen molar-refractivity contribution in [2.75, 3.05) is 20.3 Å². The van der Waals surface area contributed by atoms with Gasteiger partial charge in [-0.1, -0.05) is 18.2 Å². The molecule has 1 aromatic rings. The van der Waals surface area contributed by atoms with Crippen LogP contribution in [0.15, 0.2) is 30.3 Å². The van der Waals surface area contributed by atoms with Crippen molar-refractivity contribution in [1.29, 1.82) is 0 Å². The maximum absolute atomic E-state index is 11.9. The second kappa shape index (κ2) is 7.15. The van der Waals surface area contributed by atoms with Crippen LogP contribution in [-0.4, -0.2) is 38.3 Å². The van der Waals surface area contributed by atoms with Crippen molar-refractivity contribution in [2.24, 2.45) is 5.41 Å². The molecule has 1 aromatic carbocycles. The SMILES string of the molecule is COC(=O)N[C@H](C)C(=O)NCC1(COc2ccccc2)CC1. The Hall–Kier alpha value is -2.24. The second-order valence-corrected chi connectivity index (χ2v) is 5.68. The number of methoxy groups -OCH3 is 1. The predicted octanol–water partition coefficient (Wildman–Crippen LogP) is 1.71. The van der Waals surface area contributed by atoms with E-state index in [0.717, 1.165) is 18.6 Å². The third kappa shape index (κ3) is 4.65. The fourth-order valence-electron chi connectivity index (χ4n) is 2.03. The van der Waals surface area contributed by atoms with Gasteiger partial charge in [0.15, 0.2) is 0 Å². The fourth-order valence-corrected chi connectivity index (χ4v) is 2.03. The summed E-state index contributed by atoms with van der Waals surface area (Å²) in [6.07, 6.45) is 1.44. The topological polar surface area (TPSA) is 76.7 Å². The highest BCUT2D eigenvalue weighted by molar-refractivity contribution is 5.85. The summed E-state index contributed by atoms with van der Waals surface area (Å²) >= 11 is 0. The Bertz CT molecular complexity index is 514. The van der Waals surface area contributed by atoms with Crippen LogP contribution in [0.1, 0.15) is 19.8 Å². The Morgan fingerprint density at radius 2 is 1.95 bits per heavy atom. The van der Waals surface area contributed by atoms with Gasteiger partial charge in [0, 0.05) is 12.0 Å². The lowest BCUT2D eigenvalue weighted by Crippen LogP contribution is -2.46. The molecule has 0 unspecified atom stereocenters. The van der Waals surface area contributed by atoms with Gasteiger partial charge in [-0.2, -0.15) is 0 Å².